The molecule has 6 nitrogen and oxygen atoms in total. The fourth-order valence-corrected chi connectivity index (χ4v) is 2.66. The first-order valence-corrected chi connectivity index (χ1v) is 7.89. The standard InChI is InChI=1S/C19H18N2O4/c1-11-8-18(23)25-17-10-13(4-7-15(11)17)21-19(24)16(20)9-12-2-5-14(22)6-3-12/h2-8,10,16,22H,9,20H2,1H3,(H,21,24)/p+1/t16-/m0/s1. The van der Waals surface area contributed by atoms with Gasteiger partial charge < -0.3 is 20.6 Å². The summed E-state index contributed by atoms with van der Waals surface area (Å²) in [6, 6.07) is 12.8. The van der Waals surface area contributed by atoms with Gasteiger partial charge in [0.1, 0.15) is 11.3 Å². The van der Waals surface area contributed by atoms with Crippen molar-refractivity contribution in [1.82, 2.24) is 0 Å². The molecule has 0 spiro atoms. The van der Waals surface area contributed by atoms with Gasteiger partial charge in [0.15, 0.2) is 6.04 Å². The van der Waals surface area contributed by atoms with E-state index in [1.165, 1.54) is 6.07 Å². The second-order valence-corrected chi connectivity index (χ2v) is 6.02. The van der Waals surface area contributed by atoms with Crippen LogP contribution in [0, 0.1) is 6.92 Å². The SMILES string of the molecule is Cc1cc(=O)oc2cc(NC(=O)[C@@H]([NH3+])Cc3ccc(O)cc3)ccc12. The maximum atomic E-state index is 12.3. The average Bonchev–Trinajstić information content (AvgIpc) is 2.56. The topological polar surface area (TPSA) is 107 Å². The Bertz CT molecular complexity index is 977. The number of anilines is 1. The van der Waals surface area contributed by atoms with E-state index in [4.69, 9.17) is 4.42 Å². The highest BCUT2D eigenvalue weighted by atomic mass is 16.4. The molecule has 25 heavy (non-hydrogen) atoms. The normalized spacial score (nSPS) is 12.1. The van der Waals surface area contributed by atoms with E-state index in [1.54, 1.807) is 42.5 Å². The van der Waals surface area contributed by atoms with Crippen molar-refractivity contribution in [1.29, 1.82) is 0 Å². The van der Waals surface area contributed by atoms with E-state index in [0.717, 1.165) is 16.5 Å². The zero-order valence-corrected chi connectivity index (χ0v) is 13.8. The van der Waals surface area contributed by atoms with E-state index in [9.17, 15) is 14.7 Å². The summed E-state index contributed by atoms with van der Waals surface area (Å²) in [6.45, 7) is 1.83. The van der Waals surface area contributed by atoms with Crippen molar-refractivity contribution in [3.63, 3.8) is 0 Å². The fourth-order valence-electron chi connectivity index (χ4n) is 2.66. The van der Waals surface area contributed by atoms with Crippen molar-refractivity contribution in [3.05, 3.63) is 70.1 Å². The lowest BCUT2D eigenvalue weighted by molar-refractivity contribution is -0.402. The number of rotatable bonds is 4. The summed E-state index contributed by atoms with van der Waals surface area (Å²) < 4.78 is 5.19. The highest BCUT2D eigenvalue weighted by Crippen LogP contribution is 2.21. The molecular weight excluding hydrogens is 320 g/mol. The fraction of sp³-hybridized carbons (Fsp3) is 0.158. The number of carbonyl (C=O) groups is 1. The van der Waals surface area contributed by atoms with E-state index in [1.807, 2.05) is 6.92 Å². The van der Waals surface area contributed by atoms with E-state index in [2.05, 4.69) is 11.1 Å². The van der Waals surface area contributed by atoms with Gasteiger partial charge in [-0.3, -0.25) is 4.79 Å². The zero-order chi connectivity index (χ0) is 18.0. The first kappa shape index (κ1) is 16.7. The van der Waals surface area contributed by atoms with Crippen LogP contribution in [0.4, 0.5) is 5.69 Å². The van der Waals surface area contributed by atoms with Crippen molar-refractivity contribution in [2.45, 2.75) is 19.4 Å². The zero-order valence-electron chi connectivity index (χ0n) is 13.8. The molecule has 0 saturated carbocycles. The third kappa shape index (κ3) is 3.87. The number of hydrogen-bond acceptors (Lipinski definition) is 4. The van der Waals surface area contributed by atoms with Crippen molar-refractivity contribution < 1.29 is 20.1 Å². The summed E-state index contributed by atoms with van der Waals surface area (Å²) in [5.74, 6) is -0.0517. The van der Waals surface area contributed by atoms with Gasteiger partial charge in [0.05, 0.1) is 0 Å². The van der Waals surface area contributed by atoms with Crippen molar-refractivity contribution >= 4 is 22.6 Å². The van der Waals surface area contributed by atoms with Crippen molar-refractivity contribution in [2.24, 2.45) is 0 Å². The Morgan fingerprint density at radius 3 is 2.64 bits per heavy atom. The van der Waals surface area contributed by atoms with E-state index in [-0.39, 0.29) is 11.7 Å². The Hall–Kier alpha value is -3.12. The van der Waals surface area contributed by atoms with E-state index in [0.29, 0.717) is 17.7 Å². The molecule has 3 rings (SSSR count). The third-order valence-corrected chi connectivity index (χ3v) is 4.01. The molecule has 2 aromatic carbocycles. The number of aryl methyl sites for hydroxylation is 1. The minimum absolute atomic E-state index is 0.182. The number of benzene rings is 2. The first-order chi connectivity index (χ1) is 11.9. The molecule has 128 valence electrons. The number of amides is 1. The summed E-state index contributed by atoms with van der Waals surface area (Å²) in [6.07, 6.45) is 0.452. The number of nitrogens with one attached hydrogen (secondary N) is 1. The van der Waals surface area contributed by atoms with Gasteiger partial charge in [-0.15, -0.1) is 0 Å². The summed E-state index contributed by atoms with van der Waals surface area (Å²) in [4.78, 5) is 23.8. The average molecular weight is 339 g/mol. The number of carbonyl (C=O) groups excluding carboxylic acids is 1. The third-order valence-electron chi connectivity index (χ3n) is 4.01. The van der Waals surface area contributed by atoms with Gasteiger partial charge in [0.25, 0.3) is 5.91 Å². The van der Waals surface area contributed by atoms with Crippen LogP contribution in [0.1, 0.15) is 11.1 Å². The van der Waals surface area contributed by atoms with Gasteiger partial charge in [-0.25, -0.2) is 4.79 Å². The molecule has 0 radical (unpaired) electrons. The van der Waals surface area contributed by atoms with Gasteiger partial charge in [0.2, 0.25) is 0 Å². The van der Waals surface area contributed by atoms with Crippen molar-refractivity contribution in [2.75, 3.05) is 5.32 Å². The molecule has 6 heteroatoms. The molecule has 0 unspecified atom stereocenters. The molecule has 0 aliphatic rings. The quantitative estimate of drug-likeness (QED) is 0.628. The number of hydrogen-bond donors (Lipinski definition) is 3. The lowest BCUT2D eigenvalue weighted by atomic mass is 10.1. The van der Waals surface area contributed by atoms with Gasteiger partial charge >= 0.3 is 5.63 Å². The van der Waals surface area contributed by atoms with Crippen LogP contribution in [0.5, 0.6) is 5.75 Å². The minimum atomic E-state index is -0.496. The Labute approximate surface area is 143 Å². The van der Waals surface area contributed by atoms with E-state index < -0.39 is 11.7 Å². The molecule has 0 saturated heterocycles. The highest BCUT2D eigenvalue weighted by molar-refractivity contribution is 5.96. The lowest BCUT2D eigenvalue weighted by Crippen LogP contribution is -2.67. The molecule has 3 aromatic rings. The van der Waals surface area contributed by atoms with Gasteiger partial charge in [-0.2, -0.15) is 0 Å². The van der Waals surface area contributed by atoms with E-state index >= 15 is 0 Å². The van der Waals surface area contributed by atoms with Crippen molar-refractivity contribution in [3.8, 4) is 5.75 Å². The number of phenols is 1. The number of aromatic hydroxyl groups is 1. The first-order valence-electron chi connectivity index (χ1n) is 7.89. The summed E-state index contributed by atoms with van der Waals surface area (Å²) >= 11 is 0. The minimum Gasteiger partial charge on any atom is -0.508 e. The molecule has 1 heterocycles. The predicted octanol–water partition coefficient (Wildman–Crippen LogP) is 1.60. The molecule has 1 atom stereocenters. The number of phenolic OH excluding ortho intramolecular Hbond substituents is 1. The molecule has 0 aliphatic heterocycles. The lowest BCUT2D eigenvalue weighted by Gasteiger charge is -2.11. The predicted molar refractivity (Wildman–Crippen MR) is 94.3 cm³/mol. The van der Waals surface area contributed by atoms with Crippen LogP contribution in [0.2, 0.25) is 0 Å². The van der Waals surface area contributed by atoms with Crippen LogP contribution in [-0.2, 0) is 11.2 Å². The molecule has 5 N–H and O–H groups in total. The highest BCUT2D eigenvalue weighted by Gasteiger charge is 2.18. The Morgan fingerprint density at radius 1 is 1.20 bits per heavy atom. The number of fused-ring (bicyclic) bond motifs is 1. The maximum Gasteiger partial charge on any atom is 0.336 e. The second kappa shape index (κ2) is 6.78. The molecule has 0 fully saturated rings. The van der Waals surface area contributed by atoms with Crippen LogP contribution < -0.4 is 16.7 Å². The Morgan fingerprint density at radius 2 is 1.92 bits per heavy atom. The van der Waals surface area contributed by atoms with Gasteiger partial charge in [0, 0.05) is 29.6 Å². The maximum absolute atomic E-state index is 12.3. The molecule has 1 amide bonds. The van der Waals surface area contributed by atoms with Crippen LogP contribution >= 0.6 is 0 Å². The van der Waals surface area contributed by atoms with Crippen LogP contribution in [0.15, 0.2) is 57.7 Å². The van der Waals surface area contributed by atoms with Crippen LogP contribution in [0.3, 0.4) is 0 Å². The molecule has 0 bridgehead atoms. The Balaban J connectivity index is 1.74. The summed E-state index contributed by atoms with van der Waals surface area (Å²) in [5, 5.41) is 12.9. The summed E-state index contributed by atoms with van der Waals surface area (Å²) in [5.41, 5.74) is 6.19. The molecule has 1 aromatic heterocycles. The second-order valence-electron chi connectivity index (χ2n) is 6.02. The number of quaternary nitrogens is 1. The van der Waals surface area contributed by atoms with Gasteiger partial charge in [-0.05, 0) is 42.3 Å². The smallest absolute Gasteiger partial charge is 0.336 e. The van der Waals surface area contributed by atoms with Gasteiger partial charge in [-0.1, -0.05) is 12.1 Å². The summed E-state index contributed by atoms with van der Waals surface area (Å²) in [7, 11) is 0. The van der Waals surface area contributed by atoms with Crippen LogP contribution in [0.25, 0.3) is 11.0 Å². The largest absolute Gasteiger partial charge is 0.508 e. The van der Waals surface area contributed by atoms with Crippen LogP contribution in [-0.4, -0.2) is 17.1 Å². The molecular formula is C19H19N2O4+. The molecule has 0 aliphatic carbocycles. The monoisotopic (exact) mass is 339 g/mol. The Kier molecular flexibility index (Phi) is 4.54.